The highest BCUT2D eigenvalue weighted by Gasteiger charge is 2.28. The SMILES string of the molecule is CN1CCN(c2cc(N3CCCC(C(=O)c4ccc(F)cc4)C3)ncn2)CC1=O. The van der Waals surface area contributed by atoms with Crippen molar-refractivity contribution in [3.8, 4) is 0 Å². The van der Waals surface area contributed by atoms with Gasteiger partial charge < -0.3 is 14.7 Å². The predicted octanol–water partition coefficient (Wildman–Crippen LogP) is 1.99. The van der Waals surface area contributed by atoms with E-state index in [1.165, 1.54) is 18.5 Å². The molecule has 0 bridgehead atoms. The normalized spacial score (nSPS) is 20.1. The number of hydrogen-bond donors (Lipinski definition) is 0. The Morgan fingerprint density at radius 3 is 2.52 bits per heavy atom. The summed E-state index contributed by atoms with van der Waals surface area (Å²) in [6, 6.07) is 7.63. The van der Waals surface area contributed by atoms with E-state index in [1.54, 1.807) is 24.1 Å². The fourth-order valence-corrected chi connectivity index (χ4v) is 3.89. The van der Waals surface area contributed by atoms with Crippen molar-refractivity contribution in [1.29, 1.82) is 0 Å². The van der Waals surface area contributed by atoms with Gasteiger partial charge in [-0.3, -0.25) is 9.59 Å². The van der Waals surface area contributed by atoms with Gasteiger partial charge >= 0.3 is 0 Å². The van der Waals surface area contributed by atoms with Crippen LogP contribution in [0.15, 0.2) is 36.7 Å². The zero-order valence-corrected chi connectivity index (χ0v) is 16.4. The molecular weight excluding hydrogens is 373 g/mol. The van der Waals surface area contributed by atoms with Crippen LogP contribution in [0.3, 0.4) is 0 Å². The van der Waals surface area contributed by atoms with Gasteiger partial charge in [0.05, 0.1) is 6.54 Å². The number of carbonyl (C=O) groups excluding carboxylic acids is 2. The number of piperidine rings is 1. The Bertz CT molecular complexity index is 904. The Balaban J connectivity index is 1.48. The molecule has 3 heterocycles. The molecule has 2 aromatic rings. The average Bonchev–Trinajstić information content (AvgIpc) is 2.76. The Morgan fingerprint density at radius 2 is 1.79 bits per heavy atom. The van der Waals surface area contributed by atoms with E-state index in [0.29, 0.717) is 25.2 Å². The Hall–Kier alpha value is -3.03. The van der Waals surface area contributed by atoms with Crippen molar-refractivity contribution >= 4 is 23.3 Å². The fourth-order valence-electron chi connectivity index (χ4n) is 3.89. The van der Waals surface area contributed by atoms with E-state index in [0.717, 1.165) is 37.6 Å². The van der Waals surface area contributed by atoms with Gasteiger partial charge in [-0.05, 0) is 37.1 Å². The molecular formula is C21H24FN5O2. The van der Waals surface area contributed by atoms with Crippen molar-refractivity contribution in [2.45, 2.75) is 12.8 Å². The van der Waals surface area contributed by atoms with Crippen LogP contribution < -0.4 is 9.80 Å². The average molecular weight is 397 g/mol. The minimum atomic E-state index is -0.345. The number of anilines is 2. The molecule has 0 saturated carbocycles. The maximum atomic E-state index is 13.2. The number of halogens is 1. The molecule has 2 aliphatic rings. The summed E-state index contributed by atoms with van der Waals surface area (Å²) in [4.78, 5) is 39.4. The minimum absolute atomic E-state index is 0.0358. The summed E-state index contributed by atoms with van der Waals surface area (Å²) in [6.45, 7) is 3.07. The van der Waals surface area contributed by atoms with E-state index in [9.17, 15) is 14.0 Å². The lowest BCUT2D eigenvalue weighted by Crippen LogP contribution is -2.49. The summed E-state index contributed by atoms with van der Waals surface area (Å²) in [5, 5.41) is 0. The standard InChI is InChI=1S/C21H24FN5O2/c1-25-9-10-27(13-20(25)28)19-11-18(23-14-24-19)26-8-2-3-16(12-26)21(29)15-4-6-17(22)7-5-15/h4-7,11,14,16H,2-3,8-10,12-13H2,1H3. The summed E-state index contributed by atoms with van der Waals surface area (Å²) in [7, 11) is 1.80. The van der Waals surface area contributed by atoms with Crippen molar-refractivity contribution < 1.29 is 14.0 Å². The molecule has 2 fully saturated rings. The monoisotopic (exact) mass is 397 g/mol. The number of aromatic nitrogens is 2. The number of nitrogens with zero attached hydrogens (tertiary/aromatic N) is 5. The third-order valence-corrected chi connectivity index (χ3v) is 5.66. The van der Waals surface area contributed by atoms with Crippen molar-refractivity contribution in [3.05, 3.63) is 48.0 Å². The third-order valence-electron chi connectivity index (χ3n) is 5.66. The molecule has 2 saturated heterocycles. The fraction of sp³-hybridized carbons (Fsp3) is 0.429. The lowest BCUT2D eigenvalue weighted by Gasteiger charge is -2.35. The van der Waals surface area contributed by atoms with E-state index in [1.807, 2.05) is 11.0 Å². The number of ketones is 1. The van der Waals surface area contributed by atoms with Crippen LogP contribution in [0.1, 0.15) is 23.2 Å². The van der Waals surface area contributed by atoms with Gasteiger partial charge in [-0.1, -0.05) is 0 Å². The highest BCUT2D eigenvalue weighted by molar-refractivity contribution is 5.98. The molecule has 8 heteroatoms. The maximum Gasteiger partial charge on any atom is 0.241 e. The predicted molar refractivity (Wildman–Crippen MR) is 108 cm³/mol. The summed E-state index contributed by atoms with van der Waals surface area (Å²) in [6.07, 6.45) is 3.19. The number of hydrogen-bond acceptors (Lipinski definition) is 6. The smallest absolute Gasteiger partial charge is 0.241 e. The van der Waals surface area contributed by atoms with Gasteiger partial charge in [-0.2, -0.15) is 0 Å². The molecule has 4 rings (SSSR count). The highest BCUT2D eigenvalue weighted by Crippen LogP contribution is 2.26. The molecule has 7 nitrogen and oxygen atoms in total. The molecule has 0 radical (unpaired) electrons. The van der Waals surface area contributed by atoms with E-state index in [-0.39, 0.29) is 23.4 Å². The second-order valence-corrected chi connectivity index (χ2v) is 7.63. The molecule has 29 heavy (non-hydrogen) atoms. The topological polar surface area (TPSA) is 69.6 Å². The van der Waals surface area contributed by atoms with E-state index < -0.39 is 0 Å². The molecule has 1 unspecified atom stereocenters. The van der Waals surface area contributed by atoms with Crippen molar-refractivity contribution in [2.75, 3.05) is 49.6 Å². The van der Waals surface area contributed by atoms with Crippen molar-refractivity contribution in [1.82, 2.24) is 14.9 Å². The van der Waals surface area contributed by atoms with Crippen LogP contribution in [0.2, 0.25) is 0 Å². The van der Waals surface area contributed by atoms with E-state index in [2.05, 4.69) is 14.9 Å². The summed E-state index contributed by atoms with van der Waals surface area (Å²) in [5.41, 5.74) is 0.539. The first kappa shape index (κ1) is 19.3. The molecule has 152 valence electrons. The summed E-state index contributed by atoms with van der Waals surface area (Å²) < 4.78 is 13.2. The number of benzene rings is 1. The number of carbonyl (C=O) groups is 2. The van der Waals surface area contributed by atoms with Gasteiger partial charge in [0.15, 0.2) is 5.78 Å². The van der Waals surface area contributed by atoms with Crippen molar-refractivity contribution in [3.63, 3.8) is 0 Å². The number of rotatable bonds is 4. The molecule has 0 spiro atoms. The van der Waals surface area contributed by atoms with Gasteiger partial charge in [-0.15, -0.1) is 0 Å². The second-order valence-electron chi connectivity index (χ2n) is 7.63. The van der Waals surface area contributed by atoms with Crippen LogP contribution >= 0.6 is 0 Å². The number of likely N-dealkylation sites (N-methyl/N-ethyl adjacent to an activating group) is 1. The molecule has 0 N–H and O–H groups in total. The number of amides is 1. The van der Waals surface area contributed by atoms with Crippen molar-refractivity contribution in [2.24, 2.45) is 5.92 Å². The third kappa shape index (κ3) is 4.21. The first-order valence-electron chi connectivity index (χ1n) is 9.87. The summed E-state index contributed by atoms with van der Waals surface area (Å²) >= 11 is 0. The van der Waals surface area contributed by atoms with Gasteiger partial charge in [0.1, 0.15) is 23.8 Å². The van der Waals surface area contributed by atoms with Gasteiger partial charge in [0.25, 0.3) is 0 Å². The number of Topliss-reactive ketones (excluding diaryl/α,β-unsaturated/α-hetero) is 1. The Kier molecular flexibility index (Phi) is 5.42. The number of piperazine rings is 1. The first-order chi connectivity index (χ1) is 14.0. The van der Waals surface area contributed by atoms with Gasteiger partial charge in [0, 0.05) is 50.8 Å². The largest absolute Gasteiger partial charge is 0.356 e. The summed E-state index contributed by atoms with van der Waals surface area (Å²) in [5.74, 6) is 1.09. The Labute approximate surface area is 169 Å². The van der Waals surface area contributed by atoms with Crippen LogP contribution in [0.4, 0.5) is 16.0 Å². The van der Waals surface area contributed by atoms with Gasteiger partial charge in [-0.25, -0.2) is 14.4 Å². The van der Waals surface area contributed by atoms with E-state index in [4.69, 9.17) is 0 Å². The Morgan fingerprint density at radius 1 is 1.07 bits per heavy atom. The van der Waals surface area contributed by atoms with Gasteiger partial charge in [0.2, 0.25) is 5.91 Å². The van der Waals surface area contributed by atoms with Crippen LogP contribution in [0.5, 0.6) is 0 Å². The zero-order valence-electron chi connectivity index (χ0n) is 16.4. The molecule has 1 aromatic carbocycles. The molecule has 0 aliphatic carbocycles. The maximum absolute atomic E-state index is 13.2. The minimum Gasteiger partial charge on any atom is -0.356 e. The second kappa shape index (κ2) is 8.14. The molecule has 1 amide bonds. The lowest BCUT2D eigenvalue weighted by molar-refractivity contribution is -0.129. The zero-order chi connectivity index (χ0) is 20.4. The quantitative estimate of drug-likeness (QED) is 0.735. The molecule has 1 aromatic heterocycles. The van der Waals surface area contributed by atoms with Crippen LogP contribution in [-0.2, 0) is 4.79 Å². The highest BCUT2D eigenvalue weighted by atomic mass is 19.1. The van der Waals surface area contributed by atoms with Crippen LogP contribution in [-0.4, -0.2) is 66.3 Å². The first-order valence-corrected chi connectivity index (χ1v) is 9.87. The van der Waals surface area contributed by atoms with E-state index >= 15 is 0 Å². The molecule has 1 atom stereocenters. The van der Waals surface area contributed by atoms with Crippen LogP contribution in [0.25, 0.3) is 0 Å². The molecule has 2 aliphatic heterocycles. The lowest BCUT2D eigenvalue weighted by atomic mass is 9.90. The van der Waals surface area contributed by atoms with Crippen LogP contribution in [0, 0.1) is 11.7 Å².